The number of hydrogen-bond donors (Lipinski definition) is 2. The van der Waals surface area contributed by atoms with Gasteiger partial charge in [0.05, 0.1) is 22.3 Å². The van der Waals surface area contributed by atoms with Gasteiger partial charge in [-0.15, -0.1) is 5.10 Å². The smallest absolute Gasteiger partial charge is 0.320 e. The van der Waals surface area contributed by atoms with E-state index in [0.29, 0.717) is 33.2 Å². The van der Waals surface area contributed by atoms with Crippen molar-refractivity contribution in [3.8, 4) is 0 Å². The summed E-state index contributed by atoms with van der Waals surface area (Å²) in [7, 11) is 0. The van der Waals surface area contributed by atoms with Gasteiger partial charge in [-0.3, -0.25) is 0 Å². The summed E-state index contributed by atoms with van der Waals surface area (Å²) < 4.78 is 5.38. The average molecular weight is 322 g/mol. The molecule has 0 fully saturated rings. The molecule has 1 aromatic heterocycles. The van der Waals surface area contributed by atoms with Gasteiger partial charge in [-0.1, -0.05) is 46.8 Å². The van der Waals surface area contributed by atoms with Gasteiger partial charge < -0.3 is 15.1 Å². The van der Waals surface area contributed by atoms with Crippen molar-refractivity contribution in [2.45, 2.75) is 13.5 Å². The first-order valence-electron chi connectivity index (χ1n) is 5.54. The van der Waals surface area contributed by atoms with E-state index < -0.39 is 0 Å². The number of anilines is 2. The Morgan fingerprint density at radius 3 is 2.47 bits per heavy atom. The van der Waals surface area contributed by atoms with E-state index in [4.69, 9.17) is 39.2 Å². The molecular weight excluding hydrogens is 311 g/mol. The van der Waals surface area contributed by atoms with Crippen LogP contribution in [0.2, 0.25) is 15.1 Å². The molecule has 0 atom stereocenters. The van der Waals surface area contributed by atoms with Crippen LogP contribution < -0.4 is 10.6 Å². The van der Waals surface area contributed by atoms with Crippen molar-refractivity contribution in [2.75, 3.05) is 11.9 Å². The number of nitrogens with one attached hydrogen (secondary N) is 2. The van der Waals surface area contributed by atoms with Gasteiger partial charge in [-0.2, -0.15) is 0 Å². The molecule has 1 heterocycles. The Hall–Kier alpha value is -1.01. The number of nitrogens with zero attached hydrogens (tertiary/aromatic N) is 2. The predicted molar refractivity (Wildman–Crippen MR) is 76.4 cm³/mol. The van der Waals surface area contributed by atoms with Crippen molar-refractivity contribution in [1.82, 2.24) is 15.5 Å². The quantitative estimate of drug-likeness (QED) is 0.875. The molecule has 8 heteroatoms. The highest BCUT2D eigenvalue weighted by Crippen LogP contribution is 2.35. The fourth-order valence-electron chi connectivity index (χ4n) is 1.38. The summed E-state index contributed by atoms with van der Waals surface area (Å²) in [6, 6.07) is 3.37. The highest BCUT2D eigenvalue weighted by molar-refractivity contribution is 6.41. The molecule has 1 aromatic carbocycles. The monoisotopic (exact) mass is 320 g/mol. The van der Waals surface area contributed by atoms with Crippen LogP contribution in [0.4, 0.5) is 11.7 Å². The fraction of sp³-hybridized carbons (Fsp3) is 0.273. The zero-order chi connectivity index (χ0) is 13.8. The van der Waals surface area contributed by atoms with E-state index in [1.807, 2.05) is 6.92 Å². The van der Waals surface area contributed by atoms with Crippen LogP contribution in [0.15, 0.2) is 16.5 Å². The molecule has 0 saturated carbocycles. The molecule has 102 valence electrons. The molecule has 0 amide bonds. The lowest BCUT2D eigenvalue weighted by atomic mass is 10.3. The molecule has 5 nitrogen and oxygen atoms in total. The first-order valence-corrected chi connectivity index (χ1v) is 6.68. The van der Waals surface area contributed by atoms with Gasteiger partial charge >= 0.3 is 6.01 Å². The molecule has 0 bridgehead atoms. The third-order valence-electron chi connectivity index (χ3n) is 2.23. The standard InChI is InChI=1S/C11H11Cl3N4O/c1-2-15-5-9-17-18-11(19-9)16-10-7(13)3-6(12)4-8(10)14/h3-4,15H,2,5H2,1H3,(H,16,18). The summed E-state index contributed by atoms with van der Waals surface area (Å²) >= 11 is 17.9. The highest BCUT2D eigenvalue weighted by atomic mass is 35.5. The average Bonchev–Trinajstić information content (AvgIpc) is 2.79. The van der Waals surface area contributed by atoms with Crippen LogP contribution in [-0.4, -0.2) is 16.7 Å². The Bertz CT molecular complexity index is 550. The normalized spacial score (nSPS) is 10.7. The Morgan fingerprint density at radius 2 is 1.84 bits per heavy atom. The maximum Gasteiger partial charge on any atom is 0.320 e. The fourth-order valence-corrected chi connectivity index (χ4v) is 2.29. The van der Waals surface area contributed by atoms with Gasteiger partial charge in [0.1, 0.15) is 0 Å². The van der Waals surface area contributed by atoms with Crippen LogP contribution in [0.5, 0.6) is 0 Å². The SMILES string of the molecule is CCNCc1nnc(Nc2c(Cl)cc(Cl)cc2Cl)o1. The van der Waals surface area contributed by atoms with E-state index in [2.05, 4.69) is 20.8 Å². The Morgan fingerprint density at radius 1 is 1.16 bits per heavy atom. The van der Waals surface area contributed by atoms with Crippen molar-refractivity contribution in [3.05, 3.63) is 33.1 Å². The second-order valence-corrected chi connectivity index (χ2v) is 4.90. The molecule has 0 saturated heterocycles. The molecule has 0 aliphatic heterocycles. The third-order valence-corrected chi connectivity index (χ3v) is 3.05. The van der Waals surface area contributed by atoms with Crippen LogP contribution in [-0.2, 0) is 6.54 Å². The van der Waals surface area contributed by atoms with Gasteiger partial charge in [0.15, 0.2) is 0 Å². The lowest BCUT2D eigenvalue weighted by Gasteiger charge is -2.07. The number of hydrogen-bond acceptors (Lipinski definition) is 5. The maximum absolute atomic E-state index is 6.04. The summed E-state index contributed by atoms with van der Waals surface area (Å²) in [5.41, 5.74) is 0.478. The van der Waals surface area contributed by atoms with E-state index >= 15 is 0 Å². The zero-order valence-corrected chi connectivity index (χ0v) is 12.3. The van der Waals surface area contributed by atoms with E-state index in [1.54, 1.807) is 12.1 Å². The van der Waals surface area contributed by atoms with E-state index in [9.17, 15) is 0 Å². The number of halogens is 3. The lowest BCUT2D eigenvalue weighted by molar-refractivity contribution is 0.484. The molecule has 19 heavy (non-hydrogen) atoms. The van der Waals surface area contributed by atoms with Gasteiger partial charge in [0, 0.05) is 5.02 Å². The summed E-state index contributed by atoms with van der Waals surface area (Å²) in [5.74, 6) is 0.477. The molecule has 0 aliphatic carbocycles. The molecule has 2 N–H and O–H groups in total. The first kappa shape index (κ1) is 14.4. The van der Waals surface area contributed by atoms with Gasteiger partial charge in [-0.25, -0.2) is 0 Å². The molecule has 2 aromatic rings. The molecule has 0 radical (unpaired) electrons. The van der Waals surface area contributed by atoms with E-state index in [0.717, 1.165) is 6.54 Å². The predicted octanol–water partition coefficient (Wildman–Crippen LogP) is 3.88. The van der Waals surface area contributed by atoms with Gasteiger partial charge in [0.25, 0.3) is 0 Å². The van der Waals surface area contributed by atoms with Gasteiger partial charge in [-0.05, 0) is 18.7 Å². The summed E-state index contributed by atoms with van der Waals surface area (Å²) in [4.78, 5) is 0. The van der Waals surface area contributed by atoms with Crippen LogP contribution in [0, 0.1) is 0 Å². The van der Waals surface area contributed by atoms with Crippen LogP contribution in [0.3, 0.4) is 0 Å². The number of rotatable bonds is 5. The second-order valence-electron chi connectivity index (χ2n) is 3.65. The van der Waals surface area contributed by atoms with Crippen molar-refractivity contribution in [3.63, 3.8) is 0 Å². The lowest BCUT2D eigenvalue weighted by Crippen LogP contribution is -2.11. The Labute approximate surface area is 125 Å². The van der Waals surface area contributed by atoms with E-state index in [-0.39, 0.29) is 6.01 Å². The van der Waals surface area contributed by atoms with Crippen LogP contribution in [0.1, 0.15) is 12.8 Å². The minimum Gasteiger partial charge on any atom is -0.406 e. The zero-order valence-electron chi connectivity index (χ0n) is 10.0. The first-order chi connectivity index (χ1) is 9.10. The second kappa shape index (κ2) is 6.43. The Balaban J connectivity index is 2.15. The minimum absolute atomic E-state index is 0.221. The molecule has 0 aliphatic rings. The van der Waals surface area contributed by atoms with Crippen molar-refractivity contribution in [1.29, 1.82) is 0 Å². The molecule has 0 unspecified atom stereocenters. The van der Waals surface area contributed by atoms with Crippen molar-refractivity contribution >= 4 is 46.5 Å². The summed E-state index contributed by atoms with van der Waals surface area (Å²) in [6.07, 6.45) is 0. The third kappa shape index (κ3) is 3.73. The molecule has 0 spiro atoms. The highest BCUT2D eigenvalue weighted by Gasteiger charge is 2.12. The summed E-state index contributed by atoms with van der Waals surface area (Å²) in [5, 5.41) is 14.9. The van der Waals surface area contributed by atoms with Gasteiger partial charge in [0.2, 0.25) is 5.89 Å². The molecular formula is C11H11Cl3N4O. The topological polar surface area (TPSA) is 63.0 Å². The van der Waals surface area contributed by atoms with E-state index in [1.165, 1.54) is 0 Å². The number of benzene rings is 1. The summed E-state index contributed by atoms with van der Waals surface area (Å²) in [6.45, 7) is 3.32. The van der Waals surface area contributed by atoms with Crippen molar-refractivity contribution < 1.29 is 4.42 Å². The largest absolute Gasteiger partial charge is 0.406 e. The Kier molecular flexibility index (Phi) is 4.87. The molecule has 2 rings (SSSR count). The van der Waals surface area contributed by atoms with Crippen LogP contribution >= 0.6 is 34.8 Å². The number of aromatic nitrogens is 2. The van der Waals surface area contributed by atoms with Crippen LogP contribution in [0.25, 0.3) is 0 Å². The minimum atomic E-state index is 0.221. The maximum atomic E-state index is 6.04. The van der Waals surface area contributed by atoms with Crippen molar-refractivity contribution in [2.24, 2.45) is 0 Å².